The molecule has 1 aliphatic heterocycles. The zero-order chi connectivity index (χ0) is 18.7. The highest BCUT2D eigenvalue weighted by Gasteiger charge is 2.27. The highest BCUT2D eigenvalue weighted by Crippen LogP contribution is 2.27. The maximum atomic E-state index is 13.2. The molecule has 1 fully saturated rings. The number of halogens is 2. The van der Waals surface area contributed by atoms with E-state index in [9.17, 15) is 18.8 Å². The number of urea groups is 1. The minimum Gasteiger partial charge on any atom is -0.487 e. The smallest absolute Gasteiger partial charge is 0.328 e. The Hall–Kier alpha value is -3.19. The van der Waals surface area contributed by atoms with E-state index in [0.717, 1.165) is 0 Å². The summed E-state index contributed by atoms with van der Waals surface area (Å²) in [6.45, 7) is 0.130. The Balaban J connectivity index is 1.75. The van der Waals surface area contributed by atoms with E-state index in [4.69, 9.17) is 16.3 Å². The zero-order valence-corrected chi connectivity index (χ0v) is 14.0. The van der Waals surface area contributed by atoms with E-state index < -0.39 is 17.8 Å². The van der Waals surface area contributed by atoms with Gasteiger partial charge in [0.05, 0.1) is 5.02 Å². The highest BCUT2D eigenvalue weighted by atomic mass is 35.5. The number of imide groups is 2. The summed E-state index contributed by atoms with van der Waals surface area (Å²) in [6, 6.07) is 9.79. The van der Waals surface area contributed by atoms with Gasteiger partial charge in [-0.25, -0.2) is 9.18 Å². The van der Waals surface area contributed by atoms with Gasteiger partial charge in [0.15, 0.2) is 0 Å². The van der Waals surface area contributed by atoms with Gasteiger partial charge in [0.25, 0.3) is 11.8 Å². The normalized spacial score (nSPS) is 13.9. The van der Waals surface area contributed by atoms with Crippen LogP contribution in [0.5, 0.6) is 5.75 Å². The van der Waals surface area contributed by atoms with Crippen molar-refractivity contribution in [3.63, 3.8) is 0 Å². The Morgan fingerprint density at radius 2 is 1.77 bits per heavy atom. The maximum Gasteiger partial charge on any atom is 0.328 e. The molecule has 132 valence electrons. The minimum absolute atomic E-state index is 0.130. The van der Waals surface area contributed by atoms with Gasteiger partial charge in [-0.1, -0.05) is 29.8 Å². The van der Waals surface area contributed by atoms with Gasteiger partial charge >= 0.3 is 6.03 Å². The van der Waals surface area contributed by atoms with Crippen LogP contribution in [0.1, 0.15) is 11.1 Å². The fourth-order valence-electron chi connectivity index (χ4n) is 2.28. The summed E-state index contributed by atoms with van der Waals surface area (Å²) in [5.41, 5.74) is 0.907. The van der Waals surface area contributed by atoms with Crippen LogP contribution in [-0.4, -0.2) is 17.8 Å². The number of rotatable bonds is 4. The van der Waals surface area contributed by atoms with Crippen molar-refractivity contribution in [3.8, 4) is 5.75 Å². The van der Waals surface area contributed by atoms with E-state index in [2.05, 4.69) is 0 Å². The third-order valence-electron chi connectivity index (χ3n) is 3.49. The van der Waals surface area contributed by atoms with Crippen molar-refractivity contribution in [2.45, 2.75) is 6.61 Å². The molecule has 2 aromatic rings. The fraction of sp³-hybridized carbons (Fsp3) is 0.0556. The van der Waals surface area contributed by atoms with Gasteiger partial charge in [-0.3, -0.25) is 20.2 Å². The van der Waals surface area contributed by atoms with Gasteiger partial charge in [-0.15, -0.1) is 0 Å². The molecule has 0 atom stereocenters. The van der Waals surface area contributed by atoms with E-state index in [1.807, 2.05) is 10.6 Å². The highest BCUT2D eigenvalue weighted by molar-refractivity contribution is 6.33. The third kappa shape index (κ3) is 4.07. The molecule has 2 N–H and O–H groups in total. The monoisotopic (exact) mass is 374 g/mol. The summed E-state index contributed by atoms with van der Waals surface area (Å²) >= 11 is 6.16. The number of ether oxygens (including phenoxy) is 1. The second kappa shape index (κ2) is 7.37. The van der Waals surface area contributed by atoms with E-state index in [1.165, 1.54) is 24.3 Å². The number of amides is 4. The number of barbiturate groups is 1. The van der Waals surface area contributed by atoms with Gasteiger partial charge in [0.2, 0.25) is 0 Å². The van der Waals surface area contributed by atoms with Crippen molar-refractivity contribution in [1.29, 1.82) is 0 Å². The first-order chi connectivity index (χ1) is 12.4. The molecule has 1 heterocycles. The summed E-state index contributed by atoms with van der Waals surface area (Å²) in [4.78, 5) is 34.5. The van der Waals surface area contributed by atoms with Crippen LogP contribution in [0.4, 0.5) is 9.18 Å². The molecule has 0 bridgehead atoms. The SMILES string of the molecule is O=C1NC(=O)C(=Cc2ccc(OCc3cccc(F)c3)c(Cl)c2)C(=O)N1. The van der Waals surface area contributed by atoms with Crippen molar-refractivity contribution >= 4 is 35.5 Å². The Bertz CT molecular complexity index is 921. The first kappa shape index (κ1) is 17.6. The molecule has 0 radical (unpaired) electrons. The first-order valence-electron chi connectivity index (χ1n) is 7.47. The molecule has 4 amide bonds. The summed E-state index contributed by atoms with van der Waals surface area (Å²) < 4.78 is 18.7. The average molecular weight is 375 g/mol. The fourth-order valence-corrected chi connectivity index (χ4v) is 2.53. The van der Waals surface area contributed by atoms with Crippen LogP contribution in [0.2, 0.25) is 5.02 Å². The molecule has 2 aromatic carbocycles. The quantitative estimate of drug-likeness (QED) is 0.636. The molecule has 0 saturated carbocycles. The number of carbonyl (C=O) groups is 3. The van der Waals surface area contributed by atoms with Crippen LogP contribution in [0.25, 0.3) is 6.08 Å². The molecule has 0 aliphatic carbocycles. The van der Waals surface area contributed by atoms with Gasteiger partial charge in [0.1, 0.15) is 23.7 Å². The molecule has 1 saturated heterocycles. The van der Waals surface area contributed by atoms with Gasteiger partial charge in [-0.05, 0) is 41.5 Å². The first-order valence-corrected chi connectivity index (χ1v) is 7.85. The molecule has 0 spiro atoms. The molecule has 1 aliphatic rings. The number of hydrogen-bond donors (Lipinski definition) is 2. The predicted octanol–water partition coefficient (Wildman–Crippen LogP) is 2.81. The molecule has 26 heavy (non-hydrogen) atoms. The largest absolute Gasteiger partial charge is 0.487 e. The van der Waals surface area contributed by atoms with E-state index in [1.54, 1.807) is 24.3 Å². The molecule has 8 heteroatoms. The van der Waals surface area contributed by atoms with Crippen molar-refractivity contribution in [2.75, 3.05) is 0 Å². The minimum atomic E-state index is -0.865. The molecular weight excluding hydrogens is 363 g/mol. The van der Waals surface area contributed by atoms with Crippen LogP contribution in [-0.2, 0) is 16.2 Å². The van der Waals surface area contributed by atoms with Crippen molar-refractivity contribution in [3.05, 3.63) is 70.0 Å². The lowest BCUT2D eigenvalue weighted by molar-refractivity contribution is -0.123. The predicted molar refractivity (Wildman–Crippen MR) is 91.8 cm³/mol. The summed E-state index contributed by atoms with van der Waals surface area (Å²) in [6.07, 6.45) is 1.30. The van der Waals surface area contributed by atoms with Crippen molar-refractivity contribution in [1.82, 2.24) is 10.6 Å². The number of benzene rings is 2. The number of hydrogen-bond acceptors (Lipinski definition) is 4. The molecule has 3 rings (SSSR count). The van der Waals surface area contributed by atoms with E-state index in [0.29, 0.717) is 16.9 Å². The van der Waals surface area contributed by atoms with Crippen LogP contribution in [0, 0.1) is 5.82 Å². The maximum absolute atomic E-state index is 13.2. The Kier molecular flexibility index (Phi) is 4.99. The summed E-state index contributed by atoms with van der Waals surface area (Å²) in [7, 11) is 0. The molecule has 6 nitrogen and oxygen atoms in total. The lowest BCUT2D eigenvalue weighted by atomic mass is 10.1. The molecule has 0 unspecified atom stereocenters. The van der Waals surface area contributed by atoms with Gasteiger partial charge in [-0.2, -0.15) is 0 Å². The van der Waals surface area contributed by atoms with Crippen molar-refractivity contribution in [2.24, 2.45) is 0 Å². The lowest BCUT2D eigenvalue weighted by Gasteiger charge is -2.14. The Morgan fingerprint density at radius 3 is 2.42 bits per heavy atom. The third-order valence-corrected chi connectivity index (χ3v) is 3.79. The van der Waals surface area contributed by atoms with Crippen LogP contribution in [0.3, 0.4) is 0 Å². The lowest BCUT2D eigenvalue weighted by Crippen LogP contribution is -2.51. The number of carbonyl (C=O) groups excluding carboxylic acids is 3. The number of nitrogens with one attached hydrogen (secondary N) is 2. The molecule has 0 aromatic heterocycles. The topological polar surface area (TPSA) is 84.5 Å². The zero-order valence-electron chi connectivity index (χ0n) is 13.2. The second-order valence-electron chi connectivity index (χ2n) is 5.40. The van der Waals surface area contributed by atoms with E-state index in [-0.39, 0.29) is 23.0 Å². The average Bonchev–Trinajstić information content (AvgIpc) is 2.57. The van der Waals surface area contributed by atoms with Crippen LogP contribution < -0.4 is 15.4 Å². The standard InChI is InChI=1S/C18H12ClFN2O4/c19-14-8-10(7-13-16(23)21-18(25)22-17(13)24)4-5-15(14)26-9-11-2-1-3-12(20)6-11/h1-8H,9H2,(H2,21,22,23,24,25). The van der Waals surface area contributed by atoms with Crippen LogP contribution >= 0.6 is 11.6 Å². The molecular formula is C18H12ClFN2O4. The van der Waals surface area contributed by atoms with Crippen LogP contribution in [0.15, 0.2) is 48.0 Å². The Morgan fingerprint density at radius 1 is 1.04 bits per heavy atom. The van der Waals surface area contributed by atoms with Crippen molar-refractivity contribution < 1.29 is 23.5 Å². The van der Waals surface area contributed by atoms with Gasteiger partial charge in [0, 0.05) is 0 Å². The van der Waals surface area contributed by atoms with Gasteiger partial charge < -0.3 is 4.74 Å². The second-order valence-corrected chi connectivity index (χ2v) is 5.81. The summed E-state index contributed by atoms with van der Waals surface area (Å²) in [5.74, 6) is -1.57. The Labute approximate surface area is 152 Å². The van der Waals surface area contributed by atoms with E-state index >= 15 is 0 Å². The summed E-state index contributed by atoms with van der Waals surface area (Å²) in [5, 5.41) is 4.22.